The van der Waals surface area contributed by atoms with Crippen LogP contribution >= 0.6 is 27.5 Å². The van der Waals surface area contributed by atoms with E-state index in [1.807, 2.05) is 12.1 Å². The molecule has 2 rings (SSSR count). The summed E-state index contributed by atoms with van der Waals surface area (Å²) in [6.07, 6.45) is 1.79. The minimum Gasteiger partial charge on any atom is -0.167 e. The van der Waals surface area contributed by atoms with Gasteiger partial charge in [0.1, 0.15) is 0 Å². The Morgan fingerprint density at radius 1 is 1.28 bits per heavy atom. The van der Waals surface area contributed by atoms with Crippen molar-refractivity contribution in [1.82, 2.24) is 20.2 Å². The number of alkyl halides is 1. The van der Waals surface area contributed by atoms with E-state index in [1.54, 1.807) is 7.05 Å². The van der Waals surface area contributed by atoms with Crippen molar-refractivity contribution in [3.05, 3.63) is 40.7 Å². The molecule has 0 N–H and O–H groups in total. The van der Waals surface area contributed by atoms with Gasteiger partial charge in [0, 0.05) is 16.8 Å². The summed E-state index contributed by atoms with van der Waals surface area (Å²) in [6.45, 7) is 0. The number of benzene rings is 1. The summed E-state index contributed by atoms with van der Waals surface area (Å²) < 4.78 is 0. The first-order chi connectivity index (χ1) is 8.67. The van der Waals surface area contributed by atoms with E-state index in [2.05, 4.69) is 43.5 Å². The number of tetrazole rings is 1. The summed E-state index contributed by atoms with van der Waals surface area (Å²) in [7, 11) is 1.78. The third kappa shape index (κ3) is 3.78. The highest BCUT2D eigenvalue weighted by atomic mass is 79.9. The Balaban J connectivity index is 1.99. The van der Waals surface area contributed by atoms with E-state index < -0.39 is 0 Å². The number of halogens is 2. The zero-order chi connectivity index (χ0) is 13.0. The Hall–Kier alpha value is -0.940. The predicted octanol–water partition coefficient (Wildman–Crippen LogP) is 2.66. The molecule has 6 heteroatoms. The number of rotatable bonds is 5. The number of hydrogen-bond acceptors (Lipinski definition) is 3. The van der Waals surface area contributed by atoms with Gasteiger partial charge in [-0.2, -0.15) is 4.80 Å². The van der Waals surface area contributed by atoms with Crippen LogP contribution in [-0.2, 0) is 19.9 Å². The topological polar surface area (TPSA) is 43.6 Å². The number of aromatic nitrogens is 4. The molecule has 1 aromatic carbocycles. The summed E-state index contributed by atoms with van der Waals surface area (Å²) >= 11 is 9.42. The van der Waals surface area contributed by atoms with E-state index in [-0.39, 0.29) is 0 Å². The van der Waals surface area contributed by atoms with E-state index >= 15 is 0 Å². The van der Waals surface area contributed by atoms with Crippen molar-refractivity contribution in [2.75, 3.05) is 5.33 Å². The molecule has 2 aromatic rings. The van der Waals surface area contributed by atoms with Crippen LogP contribution in [0.4, 0.5) is 0 Å². The Labute approximate surface area is 119 Å². The SMILES string of the molecule is Cn1nnc(CC(CBr)Cc2ccc(Cl)cc2)n1. The zero-order valence-corrected chi connectivity index (χ0v) is 12.4. The number of hydrogen-bond donors (Lipinski definition) is 0. The largest absolute Gasteiger partial charge is 0.175 e. The molecular weight excluding hydrogens is 316 g/mol. The number of nitrogens with zero attached hydrogens (tertiary/aromatic N) is 4. The molecule has 0 amide bonds. The Morgan fingerprint density at radius 2 is 2.00 bits per heavy atom. The summed E-state index contributed by atoms with van der Waals surface area (Å²) in [5, 5.41) is 13.8. The van der Waals surface area contributed by atoms with E-state index in [0.717, 1.165) is 29.0 Å². The first-order valence-electron chi connectivity index (χ1n) is 5.70. The van der Waals surface area contributed by atoms with Crippen LogP contribution in [0.2, 0.25) is 5.02 Å². The monoisotopic (exact) mass is 328 g/mol. The average molecular weight is 330 g/mol. The highest BCUT2D eigenvalue weighted by molar-refractivity contribution is 9.09. The van der Waals surface area contributed by atoms with Crippen LogP contribution in [-0.4, -0.2) is 25.5 Å². The van der Waals surface area contributed by atoms with Crippen LogP contribution in [0.1, 0.15) is 11.4 Å². The second-order valence-electron chi connectivity index (χ2n) is 4.25. The first kappa shape index (κ1) is 13.5. The molecule has 0 bridgehead atoms. The van der Waals surface area contributed by atoms with Crippen molar-refractivity contribution in [3.63, 3.8) is 0 Å². The van der Waals surface area contributed by atoms with Gasteiger partial charge in [-0.15, -0.1) is 10.2 Å². The molecule has 0 radical (unpaired) electrons. The van der Waals surface area contributed by atoms with E-state index in [9.17, 15) is 0 Å². The van der Waals surface area contributed by atoms with Crippen LogP contribution in [0.5, 0.6) is 0 Å². The molecule has 1 heterocycles. The van der Waals surface area contributed by atoms with Crippen LogP contribution in [0.25, 0.3) is 0 Å². The second kappa shape index (κ2) is 6.29. The van der Waals surface area contributed by atoms with Crippen molar-refractivity contribution >= 4 is 27.5 Å². The van der Waals surface area contributed by atoms with Crippen LogP contribution < -0.4 is 0 Å². The minimum absolute atomic E-state index is 0.454. The van der Waals surface area contributed by atoms with Gasteiger partial charge in [-0.25, -0.2) is 0 Å². The van der Waals surface area contributed by atoms with Crippen molar-refractivity contribution < 1.29 is 0 Å². The van der Waals surface area contributed by atoms with Gasteiger partial charge in [0.2, 0.25) is 0 Å². The summed E-state index contributed by atoms with van der Waals surface area (Å²) in [6, 6.07) is 7.95. The fraction of sp³-hybridized carbons (Fsp3) is 0.417. The van der Waals surface area contributed by atoms with Gasteiger partial charge in [0.15, 0.2) is 5.82 Å². The summed E-state index contributed by atoms with van der Waals surface area (Å²) in [5.74, 6) is 1.24. The van der Waals surface area contributed by atoms with Crippen LogP contribution in [0.15, 0.2) is 24.3 Å². The van der Waals surface area contributed by atoms with Gasteiger partial charge in [-0.1, -0.05) is 39.7 Å². The normalized spacial score (nSPS) is 12.6. The zero-order valence-electron chi connectivity index (χ0n) is 10.1. The molecule has 1 unspecified atom stereocenters. The molecule has 1 aromatic heterocycles. The molecule has 0 aliphatic rings. The Bertz CT molecular complexity index is 497. The van der Waals surface area contributed by atoms with Crippen molar-refractivity contribution in [1.29, 1.82) is 0 Å². The molecular formula is C12H14BrClN4. The smallest absolute Gasteiger partial charge is 0.167 e. The highest BCUT2D eigenvalue weighted by Gasteiger charge is 2.12. The lowest BCUT2D eigenvalue weighted by atomic mass is 9.98. The third-order valence-electron chi connectivity index (χ3n) is 2.68. The van der Waals surface area contributed by atoms with E-state index in [0.29, 0.717) is 5.92 Å². The molecule has 0 saturated heterocycles. The maximum absolute atomic E-state index is 5.87. The Kier molecular flexibility index (Phi) is 4.72. The second-order valence-corrected chi connectivity index (χ2v) is 5.33. The van der Waals surface area contributed by atoms with E-state index in [4.69, 9.17) is 11.6 Å². The maximum Gasteiger partial charge on any atom is 0.175 e. The average Bonchev–Trinajstić information content (AvgIpc) is 2.77. The van der Waals surface area contributed by atoms with Crippen molar-refractivity contribution in [3.8, 4) is 0 Å². The predicted molar refractivity (Wildman–Crippen MR) is 74.9 cm³/mol. The van der Waals surface area contributed by atoms with Gasteiger partial charge < -0.3 is 0 Å². The highest BCUT2D eigenvalue weighted by Crippen LogP contribution is 2.17. The van der Waals surface area contributed by atoms with Gasteiger partial charge in [-0.3, -0.25) is 0 Å². The maximum atomic E-state index is 5.87. The van der Waals surface area contributed by atoms with Crippen molar-refractivity contribution in [2.24, 2.45) is 13.0 Å². The lowest BCUT2D eigenvalue weighted by Gasteiger charge is -2.11. The van der Waals surface area contributed by atoms with Gasteiger partial charge in [-0.05, 0) is 35.2 Å². The molecule has 96 valence electrons. The molecule has 0 aliphatic carbocycles. The lowest BCUT2D eigenvalue weighted by molar-refractivity contribution is 0.566. The number of aryl methyl sites for hydroxylation is 1. The summed E-state index contributed by atoms with van der Waals surface area (Å²) in [5.41, 5.74) is 1.27. The standard InChI is InChI=1S/C12H14BrClN4/c1-18-16-12(15-17-18)7-10(8-13)6-9-2-4-11(14)5-3-9/h2-5,10H,6-8H2,1H3. The van der Waals surface area contributed by atoms with Crippen LogP contribution in [0.3, 0.4) is 0 Å². The molecule has 0 spiro atoms. The third-order valence-corrected chi connectivity index (χ3v) is 3.84. The van der Waals surface area contributed by atoms with Gasteiger partial charge >= 0.3 is 0 Å². The van der Waals surface area contributed by atoms with Crippen LogP contribution in [0, 0.1) is 5.92 Å². The minimum atomic E-state index is 0.454. The summed E-state index contributed by atoms with van der Waals surface area (Å²) in [4.78, 5) is 1.49. The van der Waals surface area contributed by atoms with Gasteiger partial charge in [0.05, 0.1) is 7.05 Å². The fourth-order valence-corrected chi connectivity index (χ4v) is 2.38. The molecule has 0 saturated carbocycles. The van der Waals surface area contributed by atoms with E-state index in [1.165, 1.54) is 10.4 Å². The quantitative estimate of drug-likeness (QED) is 0.792. The first-order valence-corrected chi connectivity index (χ1v) is 7.20. The van der Waals surface area contributed by atoms with Gasteiger partial charge in [0.25, 0.3) is 0 Å². The fourth-order valence-electron chi connectivity index (χ4n) is 1.80. The molecule has 18 heavy (non-hydrogen) atoms. The molecule has 4 nitrogen and oxygen atoms in total. The lowest BCUT2D eigenvalue weighted by Crippen LogP contribution is -2.11. The van der Waals surface area contributed by atoms with Crippen molar-refractivity contribution in [2.45, 2.75) is 12.8 Å². The molecule has 0 fully saturated rings. The molecule has 1 atom stereocenters. The molecule has 0 aliphatic heterocycles. The Morgan fingerprint density at radius 3 is 2.56 bits per heavy atom.